The van der Waals surface area contributed by atoms with Crippen LogP contribution in [0.25, 0.3) is 10.4 Å². The van der Waals surface area contributed by atoms with Crippen LogP contribution in [-0.4, -0.2) is 12.7 Å². The van der Waals surface area contributed by atoms with E-state index in [2.05, 4.69) is 22.2 Å². The molecule has 0 radical (unpaired) electrons. The highest BCUT2D eigenvalue weighted by molar-refractivity contribution is 5.24. The third kappa shape index (κ3) is 3.93. The van der Waals surface area contributed by atoms with Crippen LogP contribution in [0.3, 0.4) is 0 Å². The molecule has 0 unspecified atom stereocenters. The quantitative estimate of drug-likeness (QED) is 0.425. The summed E-state index contributed by atoms with van der Waals surface area (Å²) in [7, 11) is 1.71. The summed E-state index contributed by atoms with van der Waals surface area (Å²) in [6, 6.07) is 8.04. The molecule has 4 nitrogen and oxygen atoms in total. The predicted molar refractivity (Wildman–Crippen MR) is 64.1 cm³/mol. The summed E-state index contributed by atoms with van der Waals surface area (Å²) in [5.41, 5.74) is 10.3. The van der Waals surface area contributed by atoms with Gasteiger partial charge >= 0.3 is 0 Å². The zero-order valence-electron chi connectivity index (χ0n) is 9.97. The van der Waals surface area contributed by atoms with Crippen LogP contribution in [0.4, 0.5) is 0 Å². The van der Waals surface area contributed by atoms with E-state index in [-0.39, 0.29) is 5.60 Å². The Morgan fingerprint density at radius 3 is 2.69 bits per heavy atom. The summed E-state index contributed by atoms with van der Waals surface area (Å²) in [5, 5.41) is 3.55. The first-order valence-corrected chi connectivity index (χ1v) is 5.21. The lowest BCUT2D eigenvalue weighted by Crippen LogP contribution is -2.25. The molecule has 0 heterocycles. The Hall–Kier alpha value is -1.51. The van der Waals surface area contributed by atoms with Crippen LogP contribution in [0.1, 0.15) is 25.0 Å². The van der Waals surface area contributed by atoms with Crippen LogP contribution in [-0.2, 0) is 17.7 Å². The van der Waals surface area contributed by atoms with Crippen LogP contribution < -0.4 is 0 Å². The van der Waals surface area contributed by atoms with E-state index in [1.54, 1.807) is 7.11 Å². The smallest absolute Gasteiger partial charge is 0.0662 e. The van der Waals surface area contributed by atoms with Gasteiger partial charge in [-0.05, 0) is 30.5 Å². The zero-order valence-corrected chi connectivity index (χ0v) is 9.97. The van der Waals surface area contributed by atoms with E-state index in [4.69, 9.17) is 10.3 Å². The Balaban J connectivity index is 2.78. The van der Waals surface area contributed by atoms with Crippen LogP contribution in [0, 0.1) is 0 Å². The number of rotatable bonds is 5. The fourth-order valence-electron chi connectivity index (χ4n) is 1.51. The molecule has 0 spiro atoms. The minimum atomic E-state index is -0.170. The molecule has 0 saturated carbocycles. The van der Waals surface area contributed by atoms with Crippen molar-refractivity contribution in [3.05, 3.63) is 45.8 Å². The van der Waals surface area contributed by atoms with E-state index in [0.717, 1.165) is 12.0 Å². The third-order valence-corrected chi connectivity index (χ3v) is 2.49. The SMILES string of the molecule is COC(C)(C)Cc1cccc(CN=[N+]=[N-])c1. The van der Waals surface area contributed by atoms with Gasteiger partial charge in [0.2, 0.25) is 0 Å². The van der Waals surface area contributed by atoms with Crippen molar-refractivity contribution in [1.29, 1.82) is 0 Å². The van der Waals surface area contributed by atoms with Gasteiger partial charge in [-0.1, -0.05) is 29.4 Å². The van der Waals surface area contributed by atoms with Crippen LogP contribution >= 0.6 is 0 Å². The van der Waals surface area contributed by atoms with E-state index in [1.165, 1.54) is 5.56 Å². The number of benzene rings is 1. The lowest BCUT2D eigenvalue weighted by Gasteiger charge is -2.23. The second-order valence-corrected chi connectivity index (χ2v) is 4.35. The van der Waals surface area contributed by atoms with Crippen LogP contribution in [0.5, 0.6) is 0 Å². The molecule has 0 aliphatic rings. The van der Waals surface area contributed by atoms with Gasteiger partial charge in [0, 0.05) is 18.4 Å². The molecule has 0 fully saturated rings. The van der Waals surface area contributed by atoms with Gasteiger partial charge in [0.05, 0.1) is 12.1 Å². The van der Waals surface area contributed by atoms with Crippen LogP contribution in [0.15, 0.2) is 29.4 Å². The molecule has 86 valence electrons. The zero-order chi connectivity index (χ0) is 12.0. The molecule has 1 rings (SSSR count). The number of azide groups is 1. The summed E-state index contributed by atoms with van der Waals surface area (Å²) in [6.07, 6.45) is 0.841. The fourth-order valence-corrected chi connectivity index (χ4v) is 1.51. The van der Waals surface area contributed by atoms with Crippen molar-refractivity contribution >= 4 is 0 Å². The van der Waals surface area contributed by atoms with E-state index < -0.39 is 0 Å². The molecule has 4 heteroatoms. The second-order valence-electron chi connectivity index (χ2n) is 4.35. The Morgan fingerprint density at radius 2 is 2.06 bits per heavy atom. The van der Waals surface area contributed by atoms with Crippen molar-refractivity contribution in [2.45, 2.75) is 32.4 Å². The normalized spacial score (nSPS) is 10.9. The van der Waals surface area contributed by atoms with Crippen molar-refractivity contribution in [2.75, 3.05) is 7.11 Å². The number of hydrogen-bond donors (Lipinski definition) is 0. The maximum Gasteiger partial charge on any atom is 0.0662 e. The molecule has 0 aliphatic heterocycles. The van der Waals surface area contributed by atoms with Crippen molar-refractivity contribution in [3.8, 4) is 0 Å². The summed E-state index contributed by atoms with van der Waals surface area (Å²) in [6.45, 7) is 4.50. The molecule has 0 aromatic heterocycles. The van der Waals surface area contributed by atoms with Gasteiger partial charge in [-0.25, -0.2) is 0 Å². The summed E-state index contributed by atoms with van der Waals surface area (Å²) < 4.78 is 5.38. The number of ether oxygens (including phenoxy) is 1. The molecule has 0 aliphatic carbocycles. The summed E-state index contributed by atoms with van der Waals surface area (Å²) in [4.78, 5) is 2.75. The van der Waals surface area contributed by atoms with Crippen molar-refractivity contribution < 1.29 is 4.74 Å². The summed E-state index contributed by atoms with van der Waals surface area (Å²) in [5.74, 6) is 0. The monoisotopic (exact) mass is 219 g/mol. The predicted octanol–water partition coefficient (Wildman–Crippen LogP) is 3.46. The molecular weight excluding hydrogens is 202 g/mol. The lowest BCUT2D eigenvalue weighted by molar-refractivity contribution is 0.0232. The average molecular weight is 219 g/mol. The second kappa shape index (κ2) is 5.54. The maximum atomic E-state index is 8.26. The molecule has 0 bridgehead atoms. The molecular formula is C12H17N3O. The molecule has 16 heavy (non-hydrogen) atoms. The number of methoxy groups -OCH3 is 1. The Kier molecular flexibility index (Phi) is 4.35. The Morgan fingerprint density at radius 1 is 1.38 bits per heavy atom. The molecule has 0 N–H and O–H groups in total. The van der Waals surface area contributed by atoms with Gasteiger partial charge < -0.3 is 4.74 Å². The topological polar surface area (TPSA) is 58.0 Å². The average Bonchev–Trinajstić information content (AvgIpc) is 2.26. The van der Waals surface area contributed by atoms with E-state index in [1.807, 2.05) is 26.0 Å². The standard InChI is InChI=1S/C12H17N3O/c1-12(2,16-3)8-10-5-4-6-11(7-10)9-14-15-13/h4-7H,8-9H2,1-3H3. The van der Waals surface area contributed by atoms with Gasteiger partial charge in [0.25, 0.3) is 0 Å². The van der Waals surface area contributed by atoms with Crippen LogP contribution in [0.2, 0.25) is 0 Å². The first-order chi connectivity index (χ1) is 7.57. The Labute approximate surface area is 95.9 Å². The van der Waals surface area contributed by atoms with Gasteiger partial charge in [-0.3, -0.25) is 0 Å². The molecule has 0 saturated heterocycles. The molecule has 0 atom stereocenters. The molecule has 1 aromatic carbocycles. The third-order valence-electron chi connectivity index (χ3n) is 2.49. The largest absolute Gasteiger partial charge is 0.378 e. The first kappa shape index (κ1) is 12.6. The minimum Gasteiger partial charge on any atom is -0.378 e. The van der Waals surface area contributed by atoms with E-state index in [9.17, 15) is 0 Å². The number of nitrogens with zero attached hydrogens (tertiary/aromatic N) is 3. The highest BCUT2D eigenvalue weighted by atomic mass is 16.5. The first-order valence-electron chi connectivity index (χ1n) is 5.21. The fraction of sp³-hybridized carbons (Fsp3) is 0.500. The van der Waals surface area contributed by atoms with Crippen molar-refractivity contribution in [3.63, 3.8) is 0 Å². The van der Waals surface area contributed by atoms with Gasteiger partial charge in [-0.15, -0.1) is 0 Å². The van der Waals surface area contributed by atoms with Gasteiger partial charge in [0.1, 0.15) is 0 Å². The molecule has 1 aromatic rings. The van der Waals surface area contributed by atoms with Gasteiger partial charge in [0.15, 0.2) is 0 Å². The highest BCUT2D eigenvalue weighted by Crippen LogP contribution is 2.17. The van der Waals surface area contributed by atoms with Crippen molar-refractivity contribution in [2.24, 2.45) is 5.11 Å². The summed E-state index contributed by atoms with van der Waals surface area (Å²) >= 11 is 0. The van der Waals surface area contributed by atoms with E-state index in [0.29, 0.717) is 6.54 Å². The maximum absolute atomic E-state index is 8.26. The minimum absolute atomic E-state index is 0.170. The van der Waals surface area contributed by atoms with Gasteiger partial charge in [-0.2, -0.15) is 0 Å². The molecule has 0 amide bonds. The highest BCUT2D eigenvalue weighted by Gasteiger charge is 2.16. The van der Waals surface area contributed by atoms with E-state index >= 15 is 0 Å². The lowest BCUT2D eigenvalue weighted by atomic mass is 9.97. The van der Waals surface area contributed by atoms with Crippen molar-refractivity contribution in [1.82, 2.24) is 0 Å². The Bertz CT molecular complexity index is 395. The number of hydrogen-bond acceptors (Lipinski definition) is 2.